The molecule has 3 N–H and O–H groups in total. The van der Waals surface area contributed by atoms with E-state index in [1.807, 2.05) is 0 Å². The topological polar surface area (TPSA) is 53.2 Å². The van der Waals surface area contributed by atoms with Crippen LogP contribution in [0.25, 0.3) is 0 Å². The predicted octanol–water partition coefficient (Wildman–Crippen LogP) is 0.838. The first kappa shape index (κ1) is 10.7. The molecule has 0 aromatic carbocycles. The molecule has 4 heteroatoms. The summed E-state index contributed by atoms with van der Waals surface area (Å²) >= 11 is 0. The lowest BCUT2D eigenvalue weighted by molar-refractivity contribution is 0.228. The quantitative estimate of drug-likeness (QED) is 0.645. The molecule has 2 fully saturated rings. The molecular formula is C11H21N3O. The summed E-state index contributed by atoms with van der Waals surface area (Å²) in [5.41, 5.74) is 0. The van der Waals surface area contributed by atoms with Gasteiger partial charge >= 0.3 is 6.03 Å². The molecule has 1 atom stereocenters. The number of carbonyl (C=O) groups excluding carboxylic acids is 1. The summed E-state index contributed by atoms with van der Waals surface area (Å²) in [5.74, 6) is 0.758. The Morgan fingerprint density at radius 2 is 2.20 bits per heavy atom. The third kappa shape index (κ3) is 3.38. The van der Waals surface area contributed by atoms with Gasteiger partial charge in [-0.1, -0.05) is 0 Å². The fourth-order valence-electron chi connectivity index (χ4n) is 2.14. The molecule has 1 aliphatic carbocycles. The molecule has 0 radical (unpaired) electrons. The van der Waals surface area contributed by atoms with Gasteiger partial charge in [-0.15, -0.1) is 0 Å². The van der Waals surface area contributed by atoms with Crippen molar-refractivity contribution in [2.45, 2.75) is 38.1 Å². The number of nitrogens with one attached hydrogen (secondary N) is 3. The van der Waals surface area contributed by atoms with Gasteiger partial charge in [0, 0.05) is 12.6 Å². The van der Waals surface area contributed by atoms with E-state index in [9.17, 15) is 4.79 Å². The van der Waals surface area contributed by atoms with E-state index in [2.05, 4.69) is 16.0 Å². The molecule has 2 aliphatic rings. The first-order valence-electron chi connectivity index (χ1n) is 6.09. The Balaban J connectivity index is 1.50. The van der Waals surface area contributed by atoms with E-state index in [4.69, 9.17) is 0 Å². The van der Waals surface area contributed by atoms with Crippen molar-refractivity contribution in [3.8, 4) is 0 Å². The molecule has 4 nitrogen and oxygen atoms in total. The van der Waals surface area contributed by atoms with E-state index in [-0.39, 0.29) is 6.03 Å². The summed E-state index contributed by atoms with van der Waals surface area (Å²) in [6.07, 6.45) is 5.93. The van der Waals surface area contributed by atoms with Crippen LogP contribution in [0.3, 0.4) is 0 Å². The van der Waals surface area contributed by atoms with Crippen LogP contribution in [0, 0.1) is 5.92 Å². The van der Waals surface area contributed by atoms with Crippen LogP contribution in [-0.2, 0) is 0 Å². The van der Waals surface area contributed by atoms with Crippen molar-refractivity contribution >= 4 is 6.03 Å². The van der Waals surface area contributed by atoms with Crippen LogP contribution >= 0.6 is 0 Å². The lowest BCUT2D eigenvalue weighted by Gasteiger charge is -2.26. The summed E-state index contributed by atoms with van der Waals surface area (Å²) in [6.45, 7) is 3.07. The lowest BCUT2D eigenvalue weighted by Crippen LogP contribution is -2.45. The molecule has 86 valence electrons. The number of rotatable bonds is 4. The molecule has 1 unspecified atom stereocenters. The molecule has 0 bridgehead atoms. The summed E-state index contributed by atoms with van der Waals surface area (Å²) < 4.78 is 0. The minimum atomic E-state index is 0.0191. The molecule has 0 spiro atoms. The predicted molar refractivity (Wildman–Crippen MR) is 59.8 cm³/mol. The maximum Gasteiger partial charge on any atom is 0.315 e. The van der Waals surface area contributed by atoms with Gasteiger partial charge in [0.1, 0.15) is 0 Å². The monoisotopic (exact) mass is 211 g/mol. The van der Waals surface area contributed by atoms with Crippen molar-refractivity contribution in [2.75, 3.05) is 19.6 Å². The first-order valence-corrected chi connectivity index (χ1v) is 6.09. The Morgan fingerprint density at radius 3 is 2.80 bits per heavy atom. The second-order valence-electron chi connectivity index (χ2n) is 4.68. The van der Waals surface area contributed by atoms with Gasteiger partial charge in [0.2, 0.25) is 0 Å². The van der Waals surface area contributed by atoms with Crippen molar-refractivity contribution in [3.63, 3.8) is 0 Å². The second kappa shape index (κ2) is 5.35. The van der Waals surface area contributed by atoms with Crippen LogP contribution in [0.4, 0.5) is 4.79 Å². The van der Waals surface area contributed by atoms with Gasteiger partial charge in [-0.05, 0) is 51.1 Å². The molecule has 1 aliphatic heterocycles. The molecule has 2 amide bonds. The maximum atomic E-state index is 11.4. The van der Waals surface area contributed by atoms with Crippen LogP contribution in [0.5, 0.6) is 0 Å². The number of carbonyl (C=O) groups is 1. The molecule has 15 heavy (non-hydrogen) atoms. The molecule has 2 rings (SSSR count). The third-order valence-electron chi connectivity index (χ3n) is 3.44. The molecule has 0 aromatic heterocycles. The number of hydrogen-bond acceptors (Lipinski definition) is 2. The summed E-state index contributed by atoms with van der Waals surface area (Å²) in [4.78, 5) is 11.4. The fraction of sp³-hybridized carbons (Fsp3) is 0.909. The van der Waals surface area contributed by atoms with Gasteiger partial charge in [0.25, 0.3) is 0 Å². The molecule has 0 aromatic rings. The van der Waals surface area contributed by atoms with Crippen molar-refractivity contribution in [1.29, 1.82) is 0 Å². The van der Waals surface area contributed by atoms with Crippen molar-refractivity contribution in [3.05, 3.63) is 0 Å². The van der Waals surface area contributed by atoms with Crippen molar-refractivity contribution in [1.82, 2.24) is 16.0 Å². The van der Waals surface area contributed by atoms with Gasteiger partial charge in [0.15, 0.2) is 0 Å². The summed E-state index contributed by atoms with van der Waals surface area (Å²) in [5, 5.41) is 9.24. The molecule has 1 saturated heterocycles. The lowest BCUT2D eigenvalue weighted by atomic mass is 9.93. The van der Waals surface area contributed by atoms with E-state index in [1.165, 1.54) is 12.8 Å². The Bertz CT molecular complexity index is 210. The normalized spacial score (nSPS) is 26.0. The standard InChI is InChI=1S/C11H21N3O/c15-11(14-10-2-1-3-10)13-7-5-9-4-6-12-8-9/h9-10,12H,1-8H2,(H2,13,14,15). The van der Waals surface area contributed by atoms with Crippen LogP contribution in [-0.4, -0.2) is 31.7 Å². The van der Waals surface area contributed by atoms with E-state index < -0.39 is 0 Å². The number of urea groups is 1. The highest BCUT2D eigenvalue weighted by molar-refractivity contribution is 5.74. The fourth-order valence-corrected chi connectivity index (χ4v) is 2.14. The minimum absolute atomic E-state index is 0.0191. The highest BCUT2D eigenvalue weighted by Gasteiger charge is 2.19. The first-order chi connectivity index (χ1) is 7.34. The Hall–Kier alpha value is -0.770. The number of amides is 2. The van der Waals surface area contributed by atoms with Gasteiger partial charge < -0.3 is 16.0 Å². The van der Waals surface area contributed by atoms with Crippen LogP contribution in [0.15, 0.2) is 0 Å². The van der Waals surface area contributed by atoms with E-state index in [0.717, 1.165) is 44.8 Å². The second-order valence-corrected chi connectivity index (χ2v) is 4.68. The highest BCUT2D eigenvalue weighted by atomic mass is 16.2. The van der Waals surface area contributed by atoms with E-state index in [1.54, 1.807) is 0 Å². The summed E-state index contributed by atoms with van der Waals surface area (Å²) in [7, 11) is 0. The zero-order chi connectivity index (χ0) is 10.5. The molecule has 1 saturated carbocycles. The Kier molecular flexibility index (Phi) is 3.83. The van der Waals surface area contributed by atoms with Crippen LogP contribution in [0.2, 0.25) is 0 Å². The smallest absolute Gasteiger partial charge is 0.315 e. The van der Waals surface area contributed by atoms with Gasteiger partial charge in [-0.2, -0.15) is 0 Å². The average molecular weight is 211 g/mol. The van der Waals surface area contributed by atoms with Crippen LogP contribution in [0.1, 0.15) is 32.1 Å². The molecule has 1 heterocycles. The zero-order valence-electron chi connectivity index (χ0n) is 9.22. The number of hydrogen-bond donors (Lipinski definition) is 3. The average Bonchev–Trinajstić information content (AvgIpc) is 2.64. The van der Waals surface area contributed by atoms with E-state index in [0.29, 0.717) is 6.04 Å². The third-order valence-corrected chi connectivity index (χ3v) is 3.44. The van der Waals surface area contributed by atoms with Crippen LogP contribution < -0.4 is 16.0 Å². The van der Waals surface area contributed by atoms with Gasteiger partial charge in [-0.3, -0.25) is 0 Å². The van der Waals surface area contributed by atoms with Crippen molar-refractivity contribution < 1.29 is 4.79 Å². The highest BCUT2D eigenvalue weighted by Crippen LogP contribution is 2.17. The molecular weight excluding hydrogens is 190 g/mol. The largest absolute Gasteiger partial charge is 0.338 e. The van der Waals surface area contributed by atoms with E-state index >= 15 is 0 Å². The SMILES string of the molecule is O=C(NCCC1CCNC1)NC1CCC1. The zero-order valence-corrected chi connectivity index (χ0v) is 9.22. The summed E-state index contributed by atoms with van der Waals surface area (Å²) in [6, 6.07) is 0.462. The minimum Gasteiger partial charge on any atom is -0.338 e. The van der Waals surface area contributed by atoms with Crippen molar-refractivity contribution in [2.24, 2.45) is 5.92 Å². The maximum absolute atomic E-state index is 11.4. The van der Waals surface area contributed by atoms with Gasteiger partial charge in [-0.25, -0.2) is 4.79 Å². The Morgan fingerprint density at radius 1 is 1.33 bits per heavy atom. The Labute approximate surface area is 91.2 Å². The van der Waals surface area contributed by atoms with Gasteiger partial charge in [0.05, 0.1) is 0 Å².